The Bertz CT molecular complexity index is 523. The largest absolute Gasteiger partial charge is 0.310 e. The quantitative estimate of drug-likeness (QED) is 0.830. The summed E-state index contributed by atoms with van der Waals surface area (Å²) >= 11 is 1.86. The molecule has 0 bridgehead atoms. The Morgan fingerprint density at radius 2 is 1.95 bits per heavy atom. The van der Waals surface area contributed by atoms with Crippen molar-refractivity contribution in [2.75, 3.05) is 0 Å². The number of fused-ring (bicyclic) bond motifs is 1. The summed E-state index contributed by atoms with van der Waals surface area (Å²) in [5.41, 5.74) is 1.47. The Balaban J connectivity index is 1.58. The van der Waals surface area contributed by atoms with Crippen LogP contribution in [0.25, 0.3) is 10.1 Å². The summed E-state index contributed by atoms with van der Waals surface area (Å²) < 4.78 is 1.41. The van der Waals surface area contributed by atoms with E-state index in [0.29, 0.717) is 0 Å². The fourth-order valence-corrected chi connectivity index (χ4v) is 4.16. The van der Waals surface area contributed by atoms with Crippen LogP contribution in [-0.4, -0.2) is 6.04 Å². The van der Waals surface area contributed by atoms with Crippen LogP contribution in [0, 0.1) is 5.92 Å². The summed E-state index contributed by atoms with van der Waals surface area (Å²) in [6.45, 7) is 3.36. The molecule has 102 valence electrons. The summed E-state index contributed by atoms with van der Waals surface area (Å²) in [5, 5.41) is 7.51. The van der Waals surface area contributed by atoms with Crippen molar-refractivity contribution in [3.63, 3.8) is 0 Å². The normalized spacial score (nSPS) is 23.8. The highest BCUT2D eigenvalue weighted by Crippen LogP contribution is 2.28. The van der Waals surface area contributed by atoms with Gasteiger partial charge in [0.1, 0.15) is 0 Å². The molecule has 2 aromatic rings. The molecule has 0 spiro atoms. The minimum Gasteiger partial charge on any atom is -0.310 e. The molecular formula is C17H23NS. The second kappa shape index (κ2) is 6.06. The first kappa shape index (κ1) is 13.1. The second-order valence-corrected chi connectivity index (χ2v) is 6.68. The van der Waals surface area contributed by atoms with E-state index in [1.807, 2.05) is 11.3 Å². The molecule has 0 radical (unpaired) electrons. The zero-order valence-corrected chi connectivity index (χ0v) is 12.5. The Labute approximate surface area is 120 Å². The van der Waals surface area contributed by atoms with Gasteiger partial charge in [0, 0.05) is 17.3 Å². The van der Waals surface area contributed by atoms with Crippen LogP contribution in [0.2, 0.25) is 0 Å². The SMILES string of the molecule is CCC1CCC(NCc2csc3ccccc23)CC1. The first-order chi connectivity index (χ1) is 9.36. The number of nitrogens with one attached hydrogen (secondary N) is 1. The van der Waals surface area contributed by atoms with Crippen molar-refractivity contribution in [1.29, 1.82) is 0 Å². The summed E-state index contributed by atoms with van der Waals surface area (Å²) in [7, 11) is 0. The average molecular weight is 273 g/mol. The number of hydrogen-bond donors (Lipinski definition) is 1. The molecule has 0 aliphatic heterocycles. The van der Waals surface area contributed by atoms with E-state index in [2.05, 4.69) is 41.9 Å². The molecule has 1 N–H and O–H groups in total. The van der Waals surface area contributed by atoms with Crippen LogP contribution in [0.5, 0.6) is 0 Å². The van der Waals surface area contributed by atoms with Crippen LogP contribution in [0.4, 0.5) is 0 Å². The summed E-state index contributed by atoms with van der Waals surface area (Å²) in [6, 6.07) is 9.47. The summed E-state index contributed by atoms with van der Waals surface area (Å²) in [4.78, 5) is 0. The van der Waals surface area contributed by atoms with E-state index >= 15 is 0 Å². The third-order valence-electron chi connectivity index (χ3n) is 4.57. The van der Waals surface area contributed by atoms with Crippen molar-refractivity contribution in [3.05, 3.63) is 35.2 Å². The number of thiophene rings is 1. The monoisotopic (exact) mass is 273 g/mol. The molecule has 1 aliphatic carbocycles. The molecule has 0 saturated heterocycles. The zero-order chi connectivity index (χ0) is 13.1. The van der Waals surface area contributed by atoms with E-state index in [4.69, 9.17) is 0 Å². The van der Waals surface area contributed by atoms with Crippen LogP contribution in [-0.2, 0) is 6.54 Å². The van der Waals surface area contributed by atoms with Crippen LogP contribution in [0.1, 0.15) is 44.6 Å². The summed E-state index contributed by atoms with van der Waals surface area (Å²) in [6.07, 6.45) is 6.92. The molecule has 3 rings (SSSR count). The van der Waals surface area contributed by atoms with Gasteiger partial charge in [0.05, 0.1) is 0 Å². The molecule has 1 aromatic heterocycles. The topological polar surface area (TPSA) is 12.0 Å². The Morgan fingerprint density at radius 3 is 2.74 bits per heavy atom. The highest BCUT2D eigenvalue weighted by Gasteiger charge is 2.19. The molecule has 0 unspecified atom stereocenters. The number of hydrogen-bond acceptors (Lipinski definition) is 2. The minimum absolute atomic E-state index is 0.737. The van der Waals surface area contributed by atoms with Crippen molar-refractivity contribution in [2.24, 2.45) is 5.92 Å². The molecule has 1 heterocycles. The third-order valence-corrected chi connectivity index (χ3v) is 5.58. The van der Waals surface area contributed by atoms with Crippen LogP contribution in [0.3, 0.4) is 0 Å². The maximum Gasteiger partial charge on any atom is 0.0346 e. The van der Waals surface area contributed by atoms with Gasteiger partial charge in [-0.3, -0.25) is 0 Å². The van der Waals surface area contributed by atoms with Gasteiger partial charge in [0.25, 0.3) is 0 Å². The Kier molecular flexibility index (Phi) is 4.19. The van der Waals surface area contributed by atoms with E-state index in [9.17, 15) is 0 Å². The van der Waals surface area contributed by atoms with Crippen molar-refractivity contribution in [2.45, 2.75) is 51.6 Å². The smallest absolute Gasteiger partial charge is 0.0346 e. The standard InChI is InChI=1S/C17H23NS/c1-2-13-7-9-15(10-8-13)18-11-14-12-19-17-6-4-3-5-16(14)17/h3-6,12-13,15,18H,2,7-11H2,1H3. The van der Waals surface area contributed by atoms with Crippen LogP contribution >= 0.6 is 11.3 Å². The van der Waals surface area contributed by atoms with Gasteiger partial charge < -0.3 is 5.32 Å². The fraction of sp³-hybridized carbons (Fsp3) is 0.529. The van der Waals surface area contributed by atoms with Crippen LogP contribution < -0.4 is 5.32 Å². The van der Waals surface area contributed by atoms with Crippen molar-refractivity contribution < 1.29 is 0 Å². The van der Waals surface area contributed by atoms with Gasteiger partial charge in [0.2, 0.25) is 0 Å². The molecule has 19 heavy (non-hydrogen) atoms. The predicted molar refractivity (Wildman–Crippen MR) is 84.7 cm³/mol. The van der Waals surface area contributed by atoms with E-state index < -0.39 is 0 Å². The lowest BCUT2D eigenvalue weighted by Gasteiger charge is -2.28. The molecule has 0 atom stereocenters. The van der Waals surface area contributed by atoms with Crippen molar-refractivity contribution in [3.8, 4) is 0 Å². The number of rotatable bonds is 4. The maximum absolute atomic E-state index is 3.77. The Hall–Kier alpha value is -0.860. The molecular weight excluding hydrogens is 250 g/mol. The Morgan fingerprint density at radius 1 is 1.16 bits per heavy atom. The minimum atomic E-state index is 0.737. The van der Waals surface area contributed by atoms with Gasteiger partial charge in [-0.05, 0) is 54.0 Å². The highest BCUT2D eigenvalue weighted by atomic mass is 32.1. The lowest BCUT2D eigenvalue weighted by Crippen LogP contribution is -2.32. The first-order valence-corrected chi connectivity index (χ1v) is 8.43. The fourth-order valence-electron chi connectivity index (χ4n) is 3.20. The molecule has 2 heteroatoms. The lowest BCUT2D eigenvalue weighted by molar-refractivity contribution is 0.285. The van der Waals surface area contributed by atoms with Gasteiger partial charge in [-0.2, -0.15) is 0 Å². The maximum atomic E-state index is 3.77. The number of benzene rings is 1. The molecule has 1 aliphatic rings. The molecule has 1 fully saturated rings. The van der Waals surface area contributed by atoms with Gasteiger partial charge in [-0.1, -0.05) is 31.5 Å². The van der Waals surface area contributed by atoms with E-state index in [-0.39, 0.29) is 0 Å². The van der Waals surface area contributed by atoms with Gasteiger partial charge in [-0.25, -0.2) is 0 Å². The third kappa shape index (κ3) is 3.01. The lowest BCUT2D eigenvalue weighted by atomic mass is 9.84. The van der Waals surface area contributed by atoms with Crippen LogP contribution in [0.15, 0.2) is 29.6 Å². The zero-order valence-electron chi connectivity index (χ0n) is 11.7. The van der Waals surface area contributed by atoms with Crippen molar-refractivity contribution in [1.82, 2.24) is 5.32 Å². The average Bonchev–Trinajstić information content (AvgIpc) is 2.89. The second-order valence-electron chi connectivity index (χ2n) is 5.76. The van der Waals surface area contributed by atoms with Crippen molar-refractivity contribution >= 4 is 21.4 Å². The van der Waals surface area contributed by atoms with E-state index in [0.717, 1.165) is 18.5 Å². The first-order valence-electron chi connectivity index (χ1n) is 7.55. The molecule has 1 aromatic carbocycles. The highest BCUT2D eigenvalue weighted by molar-refractivity contribution is 7.17. The molecule has 1 nitrogen and oxygen atoms in total. The van der Waals surface area contributed by atoms with Gasteiger partial charge >= 0.3 is 0 Å². The van der Waals surface area contributed by atoms with Gasteiger partial charge in [-0.15, -0.1) is 11.3 Å². The predicted octanol–water partition coefficient (Wildman–Crippen LogP) is 4.96. The summed E-state index contributed by atoms with van der Waals surface area (Å²) in [5.74, 6) is 0.986. The van der Waals surface area contributed by atoms with E-state index in [1.54, 1.807) is 0 Å². The molecule has 0 amide bonds. The van der Waals surface area contributed by atoms with E-state index in [1.165, 1.54) is 47.8 Å². The molecule has 1 saturated carbocycles. The van der Waals surface area contributed by atoms with Gasteiger partial charge in [0.15, 0.2) is 0 Å².